The molecule has 0 aliphatic rings. The smallest absolute Gasteiger partial charge is 0.143 e. The molecule has 0 saturated heterocycles. The topological polar surface area (TPSA) is 72.2 Å². The van der Waals surface area contributed by atoms with Gasteiger partial charge < -0.3 is 15.2 Å². The summed E-state index contributed by atoms with van der Waals surface area (Å²) in [5, 5.41) is 20.3. The third-order valence-corrected chi connectivity index (χ3v) is 3.52. The Morgan fingerprint density at radius 3 is 2.95 bits per heavy atom. The lowest BCUT2D eigenvalue weighted by Gasteiger charge is -2.13. The highest BCUT2D eigenvalue weighted by molar-refractivity contribution is 9.10. The summed E-state index contributed by atoms with van der Waals surface area (Å²) < 4.78 is 8.11. The SMILES string of the molecule is COc1cc(Br)cc(C)c1NCc1cn(CCCO)nn1. The molecule has 0 saturated carbocycles. The number of rotatable bonds is 7. The number of benzene rings is 1. The van der Waals surface area contributed by atoms with Crippen LogP contribution in [0, 0.1) is 6.92 Å². The van der Waals surface area contributed by atoms with Crippen molar-refractivity contribution >= 4 is 21.6 Å². The number of anilines is 1. The number of nitrogens with zero attached hydrogens (tertiary/aromatic N) is 3. The van der Waals surface area contributed by atoms with Gasteiger partial charge in [0.25, 0.3) is 0 Å². The van der Waals surface area contributed by atoms with Gasteiger partial charge in [-0.1, -0.05) is 21.1 Å². The molecule has 1 heterocycles. The van der Waals surface area contributed by atoms with Gasteiger partial charge in [0.05, 0.1) is 25.5 Å². The van der Waals surface area contributed by atoms with Crippen molar-refractivity contribution in [3.05, 3.63) is 34.1 Å². The van der Waals surface area contributed by atoms with Gasteiger partial charge in [0.1, 0.15) is 11.4 Å². The molecule has 0 aliphatic heterocycles. The summed E-state index contributed by atoms with van der Waals surface area (Å²) in [6.07, 6.45) is 2.55. The molecular weight excluding hydrogens is 336 g/mol. The number of aryl methyl sites for hydroxylation is 2. The average molecular weight is 355 g/mol. The second-order valence-corrected chi connectivity index (χ2v) is 5.62. The maximum Gasteiger partial charge on any atom is 0.143 e. The van der Waals surface area contributed by atoms with Gasteiger partial charge in [-0.2, -0.15) is 0 Å². The number of aliphatic hydroxyl groups is 1. The van der Waals surface area contributed by atoms with Crippen molar-refractivity contribution in [2.45, 2.75) is 26.4 Å². The van der Waals surface area contributed by atoms with Crippen LogP contribution in [0.2, 0.25) is 0 Å². The molecule has 0 spiro atoms. The highest BCUT2D eigenvalue weighted by atomic mass is 79.9. The summed E-state index contributed by atoms with van der Waals surface area (Å²) in [6.45, 7) is 3.42. The standard InChI is InChI=1S/C14H19BrN4O2/c1-10-6-11(15)7-13(21-2)14(10)16-8-12-9-19(18-17-12)4-3-5-20/h6-7,9,16,20H,3-5,8H2,1-2H3. The first-order chi connectivity index (χ1) is 10.1. The first-order valence-electron chi connectivity index (χ1n) is 6.72. The Morgan fingerprint density at radius 1 is 1.43 bits per heavy atom. The molecule has 2 N–H and O–H groups in total. The van der Waals surface area contributed by atoms with Crippen LogP contribution in [0.3, 0.4) is 0 Å². The van der Waals surface area contributed by atoms with Crippen molar-refractivity contribution in [2.24, 2.45) is 0 Å². The Kier molecular flexibility index (Phi) is 5.58. The monoisotopic (exact) mass is 354 g/mol. The fourth-order valence-electron chi connectivity index (χ4n) is 2.04. The molecule has 0 radical (unpaired) electrons. The Bertz CT molecular complexity index is 601. The number of halogens is 1. The molecule has 0 fully saturated rings. The molecular formula is C14H19BrN4O2. The van der Waals surface area contributed by atoms with Crippen LogP contribution in [0.1, 0.15) is 17.7 Å². The molecule has 21 heavy (non-hydrogen) atoms. The molecule has 0 atom stereocenters. The number of ether oxygens (including phenoxy) is 1. The van der Waals surface area contributed by atoms with E-state index in [2.05, 4.69) is 31.6 Å². The fraction of sp³-hybridized carbons (Fsp3) is 0.429. The minimum absolute atomic E-state index is 0.155. The normalized spacial score (nSPS) is 10.7. The van der Waals surface area contributed by atoms with Crippen LogP contribution in [-0.4, -0.2) is 33.8 Å². The van der Waals surface area contributed by atoms with Crippen LogP contribution in [0.5, 0.6) is 5.75 Å². The van der Waals surface area contributed by atoms with Crippen molar-refractivity contribution in [1.29, 1.82) is 0 Å². The summed E-state index contributed by atoms with van der Waals surface area (Å²) in [7, 11) is 1.65. The Balaban J connectivity index is 2.04. The van der Waals surface area contributed by atoms with E-state index in [9.17, 15) is 0 Å². The summed E-state index contributed by atoms with van der Waals surface area (Å²) in [4.78, 5) is 0. The molecule has 0 bridgehead atoms. The van der Waals surface area contributed by atoms with Gasteiger partial charge >= 0.3 is 0 Å². The van der Waals surface area contributed by atoms with E-state index in [1.807, 2.05) is 25.3 Å². The molecule has 1 aromatic heterocycles. The second-order valence-electron chi connectivity index (χ2n) is 4.70. The lowest BCUT2D eigenvalue weighted by atomic mass is 10.2. The van der Waals surface area contributed by atoms with E-state index in [0.29, 0.717) is 19.5 Å². The highest BCUT2D eigenvalue weighted by Gasteiger charge is 2.09. The maximum atomic E-state index is 8.81. The number of methoxy groups -OCH3 is 1. The first-order valence-corrected chi connectivity index (χ1v) is 7.51. The van der Waals surface area contributed by atoms with Crippen LogP contribution in [0.25, 0.3) is 0 Å². The van der Waals surface area contributed by atoms with Gasteiger partial charge in [-0.15, -0.1) is 5.10 Å². The zero-order valence-corrected chi connectivity index (χ0v) is 13.7. The molecule has 0 aliphatic carbocycles. The van der Waals surface area contributed by atoms with Gasteiger partial charge in [0, 0.05) is 17.6 Å². The quantitative estimate of drug-likeness (QED) is 0.798. The number of hydrogen-bond donors (Lipinski definition) is 2. The maximum absolute atomic E-state index is 8.81. The number of aliphatic hydroxyl groups excluding tert-OH is 1. The minimum atomic E-state index is 0.155. The molecule has 1 aromatic carbocycles. The van der Waals surface area contributed by atoms with E-state index in [0.717, 1.165) is 27.2 Å². The number of nitrogens with one attached hydrogen (secondary N) is 1. The Labute approximate surface area is 132 Å². The Hall–Kier alpha value is -1.60. The molecule has 0 amide bonds. The molecule has 0 unspecified atom stereocenters. The van der Waals surface area contributed by atoms with Crippen molar-refractivity contribution in [1.82, 2.24) is 15.0 Å². The predicted octanol–water partition coefficient (Wildman–Crippen LogP) is 2.35. The van der Waals surface area contributed by atoms with E-state index >= 15 is 0 Å². The van der Waals surface area contributed by atoms with Crippen LogP contribution in [-0.2, 0) is 13.1 Å². The highest BCUT2D eigenvalue weighted by Crippen LogP contribution is 2.32. The van der Waals surface area contributed by atoms with Crippen LogP contribution < -0.4 is 10.1 Å². The van der Waals surface area contributed by atoms with Crippen molar-refractivity contribution in [3.63, 3.8) is 0 Å². The van der Waals surface area contributed by atoms with Crippen molar-refractivity contribution in [3.8, 4) is 5.75 Å². The van der Waals surface area contributed by atoms with E-state index in [1.165, 1.54) is 0 Å². The van der Waals surface area contributed by atoms with E-state index in [4.69, 9.17) is 9.84 Å². The van der Waals surface area contributed by atoms with Gasteiger partial charge in [-0.25, -0.2) is 0 Å². The lowest BCUT2D eigenvalue weighted by molar-refractivity contribution is 0.276. The Morgan fingerprint density at radius 2 is 2.24 bits per heavy atom. The first kappa shape index (κ1) is 15.8. The van der Waals surface area contributed by atoms with Gasteiger partial charge in [0.15, 0.2) is 0 Å². The fourth-order valence-corrected chi connectivity index (χ4v) is 2.59. The van der Waals surface area contributed by atoms with E-state index < -0.39 is 0 Å². The molecule has 2 rings (SSSR count). The zero-order valence-electron chi connectivity index (χ0n) is 12.1. The third kappa shape index (κ3) is 4.18. The largest absolute Gasteiger partial charge is 0.495 e. The van der Waals surface area contributed by atoms with Gasteiger partial charge in [0.2, 0.25) is 0 Å². The summed E-state index contributed by atoms with van der Waals surface area (Å²) in [5.74, 6) is 0.787. The molecule has 6 nitrogen and oxygen atoms in total. The van der Waals surface area contributed by atoms with E-state index in [-0.39, 0.29) is 6.61 Å². The van der Waals surface area contributed by atoms with Crippen molar-refractivity contribution < 1.29 is 9.84 Å². The van der Waals surface area contributed by atoms with E-state index in [1.54, 1.807) is 11.8 Å². The van der Waals surface area contributed by atoms with Crippen LogP contribution in [0.4, 0.5) is 5.69 Å². The minimum Gasteiger partial charge on any atom is -0.495 e. The molecule has 114 valence electrons. The molecule has 7 heteroatoms. The number of aromatic nitrogens is 3. The summed E-state index contributed by atoms with van der Waals surface area (Å²) in [6, 6.07) is 3.95. The second kappa shape index (κ2) is 7.42. The van der Waals surface area contributed by atoms with Gasteiger partial charge in [-0.05, 0) is 31.0 Å². The lowest BCUT2D eigenvalue weighted by Crippen LogP contribution is -2.04. The average Bonchev–Trinajstić information content (AvgIpc) is 2.91. The zero-order chi connectivity index (χ0) is 15.2. The summed E-state index contributed by atoms with van der Waals surface area (Å²) >= 11 is 3.46. The van der Waals surface area contributed by atoms with Crippen LogP contribution in [0.15, 0.2) is 22.8 Å². The molecule has 2 aromatic rings. The van der Waals surface area contributed by atoms with Crippen LogP contribution >= 0.6 is 15.9 Å². The van der Waals surface area contributed by atoms with Crippen molar-refractivity contribution in [2.75, 3.05) is 19.0 Å². The third-order valence-electron chi connectivity index (χ3n) is 3.06. The number of hydrogen-bond acceptors (Lipinski definition) is 5. The summed E-state index contributed by atoms with van der Waals surface area (Å²) in [5.41, 5.74) is 2.89. The van der Waals surface area contributed by atoms with Gasteiger partial charge in [-0.3, -0.25) is 4.68 Å². The predicted molar refractivity (Wildman–Crippen MR) is 84.5 cm³/mol.